The molecule has 1 aromatic rings. The molecule has 1 aromatic carbocycles. The minimum absolute atomic E-state index is 0.0208. The minimum Gasteiger partial charge on any atom is -0.480 e. The zero-order valence-corrected chi connectivity index (χ0v) is 11.0. The molecule has 1 rings (SSSR count). The molecular formula is C12H16N2O6. The summed E-state index contributed by atoms with van der Waals surface area (Å²) in [7, 11) is 0. The van der Waals surface area contributed by atoms with Crippen LogP contribution in [0.2, 0.25) is 0 Å². The highest BCUT2D eigenvalue weighted by Gasteiger charge is 2.17. The summed E-state index contributed by atoms with van der Waals surface area (Å²) < 4.78 is 0. The van der Waals surface area contributed by atoms with Crippen molar-refractivity contribution in [3.63, 3.8) is 0 Å². The number of para-hydroxylation sites is 1. The van der Waals surface area contributed by atoms with Gasteiger partial charge in [-0.25, -0.2) is 4.79 Å². The predicted molar refractivity (Wildman–Crippen MR) is 70.5 cm³/mol. The summed E-state index contributed by atoms with van der Waals surface area (Å²) in [5.41, 5.74) is 4.49. The van der Waals surface area contributed by atoms with Gasteiger partial charge in [-0.3, -0.25) is 14.9 Å². The van der Waals surface area contributed by atoms with E-state index in [1.807, 2.05) is 0 Å². The molecule has 4 N–H and O–H groups in total. The lowest BCUT2D eigenvalue weighted by molar-refractivity contribution is -0.385. The number of nitro benzene ring substituents is 1. The van der Waals surface area contributed by atoms with E-state index < -0.39 is 22.9 Å². The van der Waals surface area contributed by atoms with Crippen LogP contribution in [0.1, 0.15) is 24.2 Å². The van der Waals surface area contributed by atoms with Gasteiger partial charge in [0.15, 0.2) is 0 Å². The molecule has 0 unspecified atom stereocenters. The molecule has 8 nitrogen and oxygen atoms in total. The van der Waals surface area contributed by atoms with Crippen molar-refractivity contribution in [3.8, 4) is 0 Å². The quantitative estimate of drug-likeness (QED) is 0.559. The average molecular weight is 284 g/mol. The van der Waals surface area contributed by atoms with Gasteiger partial charge in [-0.2, -0.15) is 0 Å². The lowest BCUT2D eigenvalue weighted by Gasteiger charge is -2.07. The van der Waals surface area contributed by atoms with Gasteiger partial charge in [0.05, 0.1) is 4.92 Å². The lowest BCUT2D eigenvalue weighted by atomic mass is 10.1. The molecular weight excluding hydrogens is 268 g/mol. The number of hydrogen-bond acceptors (Lipinski definition) is 5. The number of hydrogen-bond donors (Lipinski definition) is 3. The summed E-state index contributed by atoms with van der Waals surface area (Å²) >= 11 is 0. The Morgan fingerprint density at radius 3 is 2.00 bits per heavy atom. The molecule has 0 saturated heterocycles. The van der Waals surface area contributed by atoms with Crippen molar-refractivity contribution in [2.75, 3.05) is 0 Å². The Bertz CT molecular complexity index is 467. The zero-order valence-electron chi connectivity index (χ0n) is 11.0. The van der Waals surface area contributed by atoms with E-state index in [4.69, 9.17) is 15.9 Å². The van der Waals surface area contributed by atoms with Crippen molar-refractivity contribution in [3.05, 3.63) is 39.9 Å². The highest BCUT2D eigenvalue weighted by molar-refractivity contribution is 5.92. The van der Waals surface area contributed by atoms with Crippen LogP contribution in [-0.4, -0.2) is 33.1 Å². The predicted octanol–water partition coefficient (Wildman–Crippen LogP) is 1.35. The second kappa shape index (κ2) is 7.85. The zero-order chi connectivity index (χ0) is 15.9. The van der Waals surface area contributed by atoms with Crippen molar-refractivity contribution in [2.24, 2.45) is 11.7 Å². The van der Waals surface area contributed by atoms with Crippen LogP contribution in [-0.2, 0) is 4.79 Å². The molecule has 0 heterocycles. The van der Waals surface area contributed by atoms with Gasteiger partial charge in [-0.15, -0.1) is 0 Å². The summed E-state index contributed by atoms with van der Waals surface area (Å²) in [5.74, 6) is -2.20. The smallest absolute Gasteiger partial charge is 0.342 e. The second-order valence-electron chi connectivity index (χ2n) is 4.19. The van der Waals surface area contributed by atoms with Gasteiger partial charge in [0.1, 0.15) is 11.6 Å². The molecule has 0 amide bonds. The fourth-order valence-corrected chi connectivity index (χ4v) is 1.10. The van der Waals surface area contributed by atoms with Gasteiger partial charge in [-0.1, -0.05) is 26.0 Å². The third-order valence-corrected chi connectivity index (χ3v) is 2.33. The van der Waals surface area contributed by atoms with E-state index in [9.17, 15) is 19.7 Å². The van der Waals surface area contributed by atoms with Gasteiger partial charge in [0, 0.05) is 6.07 Å². The molecule has 0 fully saturated rings. The molecule has 0 aliphatic rings. The number of nitrogens with zero attached hydrogens (tertiary/aromatic N) is 1. The van der Waals surface area contributed by atoms with E-state index in [2.05, 4.69) is 0 Å². The average Bonchev–Trinajstić information content (AvgIpc) is 2.38. The third kappa shape index (κ3) is 5.44. The van der Waals surface area contributed by atoms with Crippen LogP contribution in [0.4, 0.5) is 5.69 Å². The molecule has 20 heavy (non-hydrogen) atoms. The fourth-order valence-electron chi connectivity index (χ4n) is 1.10. The van der Waals surface area contributed by atoms with Crippen molar-refractivity contribution < 1.29 is 24.7 Å². The van der Waals surface area contributed by atoms with Gasteiger partial charge < -0.3 is 15.9 Å². The summed E-state index contributed by atoms with van der Waals surface area (Å²) in [5, 5.41) is 27.0. The topological polar surface area (TPSA) is 144 Å². The van der Waals surface area contributed by atoms with Crippen molar-refractivity contribution >= 4 is 17.6 Å². The monoisotopic (exact) mass is 284 g/mol. The fraction of sp³-hybridized carbons (Fsp3) is 0.333. The maximum absolute atomic E-state index is 10.4. The number of carboxylic acids is 2. The van der Waals surface area contributed by atoms with Crippen LogP contribution in [0, 0.1) is 16.0 Å². The molecule has 0 radical (unpaired) electrons. The normalized spacial score (nSPS) is 11.2. The van der Waals surface area contributed by atoms with Crippen LogP contribution in [0.3, 0.4) is 0 Å². The molecule has 0 saturated carbocycles. The number of rotatable bonds is 4. The van der Waals surface area contributed by atoms with Crippen LogP contribution >= 0.6 is 0 Å². The number of carboxylic acid groups (broad SMARTS) is 2. The molecule has 0 spiro atoms. The van der Waals surface area contributed by atoms with E-state index in [1.165, 1.54) is 18.2 Å². The summed E-state index contributed by atoms with van der Waals surface area (Å²) in [6.45, 7) is 3.55. The van der Waals surface area contributed by atoms with Gasteiger partial charge in [0.25, 0.3) is 5.69 Å². The highest BCUT2D eigenvalue weighted by atomic mass is 16.6. The molecule has 110 valence electrons. The van der Waals surface area contributed by atoms with E-state index in [-0.39, 0.29) is 17.2 Å². The van der Waals surface area contributed by atoms with Crippen molar-refractivity contribution in [1.29, 1.82) is 0 Å². The molecule has 0 aliphatic heterocycles. The Kier molecular flexibility index (Phi) is 6.87. The van der Waals surface area contributed by atoms with Crippen molar-refractivity contribution in [2.45, 2.75) is 19.9 Å². The van der Waals surface area contributed by atoms with E-state index in [1.54, 1.807) is 13.8 Å². The van der Waals surface area contributed by atoms with E-state index in [0.29, 0.717) is 0 Å². The van der Waals surface area contributed by atoms with Gasteiger partial charge in [-0.05, 0) is 12.0 Å². The van der Waals surface area contributed by atoms with Crippen LogP contribution in [0.25, 0.3) is 0 Å². The first-order valence-corrected chi connectivity index (χ1v) is 5.63. The third-order valence-electron chi connectivity index (χ3n) is 2.33. The van der Waals surface area contributed by atoms with E-state index >= 15 is 0 Å². The van der Waals surface area contributed by atoms with Gasteiger partial charge in [0.2, 0.25) is 0 Å². The van der Waals surface area contributed by atoms with Crippen LogP contribution in [0.5, 0.6) is 0 Å². The molecule has 0 aliphatic carbocycles. The standard InChI is InChI=1S/C7H5NO4.C5H11NO2/c9-7(10)5-3-1-2-4-6(5)8(11)12;1-3(2)4(6)5(7)8/h1-4H,(H,9,10);3-4H,6H2,1-2H3,(H,7,8)/t;4-/m.0/s1. The second-order valence-corrected chi connectivity index (χ2v) is 4.19. The molecule has 0 aromatic heterocycles. The molecule has 0 bridgehead atoms. The first kappa shape index (κ1) is 17.5. The number of nitrogens with two attached hydrogens (primary N) is 1. The summed E-state index contributed by atoms with van der Waals surface area (Å²) in [6, 6.07) is 4.50. The van der Waals surface area contributed by atoms with Crippen molar-refractivity contribution in [1.82, 2.24) is 0 Å². The first-order chi connectivity index (χ1) is 9.18. The minimum atomic E-state index is -1.29. The van der Waals surface area contributed by atoms with Gasteiger partial charge >= 0.3 is 11.9 Å². The van der Waals surface area contributed by atoms with E-state index in [0.717, 1.165) is 6.07 Å². The largest absolute Gasteiger partial charge is 0.480 e. The number of carbonyl (C=O) groups is 2. The maximum atomic E-state index is 10.4. The van der Waals surface area contributed by atoms with Crippen LogP contribution in [0.15, 0.2) is 24.3 Å². The number of nitro groups is 1. The Balaban J connectivity index is 0.000000396. The van der Waals surface area contributed by atoms with Crippen LogP contribution < -0.4 is 5.73 Å². The summed E-state index contributed by atoms with van der Waals surface area (Å²) in [6.07, 6.45) is 0. The summed E-state index contributed by atoms with van der Waals surface area (Å²) in [4.78, 5) is 30.0. The maximum Gasteiger partial charge on any atom is 0.342 e. The Morgan fingerprint density at radius 2 is 1.75 bits per heavy atom. The first-order valence-electron chi connectivity index (χ1n) is 5.63. The SMILES string of the molecule is CC(C)[C@H](N)C(=O)O.O=C(O)c1ccccc1[N+](=O)[O-]. The number of aliphatic carboxylic acids is 1. The lowest BCUT2D eigenvalue weighted by Crippen LogP contribution is -2.34. The molecule has 1 atom stereocenters. The molecule has 8 heteroatoms. The Hall–Kier alpha value is -2.48. The number of benzene rings is 1. The number of aromatic carboxylic acids is 1. The highest BCUT2D eigenvalue weighted by Crippen LogP contribution is 2.16. The Morgan fingerprint density at radius 1 is 1.25 bits per heavy atom. The Labute approximate surface area is 115 Å².